The van der Waals surface area contributed by atoms with Crippen LogP contribution in [0.25, 0.3) is 0 Å². The summed E-state index contributed by atoms with van der Waals surface area (Å²) in [6.07, 6.45) is 4.67. The smallest absolute Gasteiger partial charge is 0.138 e. The molecule has 0 aliphatic heterocycles. The highest BCUT2D eigenvalue weighted by molar-refractivity contribution is 7.97. The second-order valence-corrected chi connectivity index (χ2v) is 3.30. The molecule has 1 rings (SSSR count). The molecule has 1 aromatic rings. The van der Waals surface area contributed by atoms with Crippen molar-refractivity contribution in [2.24, 2.45) is 5.73 Å². The van der Waals surface area contributed by atoms with E-state index in [9.17, 15) is 0 Å². The monoisotopic (exact) mass is 183 g/mol. The Morgan fingerprint density at radius 1 is 1.58 bits per heavy atom. The Labute approximate surface area is 76.8 Å². The van der Waals surface area contributed by atoms with Crippen LogP contribution < -0.4 is 5.73 Å². The van der Waals surface area contributed by atoms with Crippen molar-refractivity contribution in [3.05, 3.63) is 23.8 Å². The van der Waals surface area contributed by atoms with Gasteiger partial charge >= 0.3 is 0 Å². The van der Waals surface area contributed by atoms with Crippen molar-refractivity contribution in [1.82, 2.24) is 9.97 Å². The van der Waals surface area contributed by atoms with Crippen LogP contribution in [0.5, 0.6) is 0 Å². The average Bonchev–Trinajstić information content (AvgIpc) is 2.06. The molecule has 0 saturated heterocycles. The van der Waals surface area contributed by atoms with E-state index < -0.39 is 0 Å². The van der Waals surface area contributed by atoms with Gasteiger partial charge in [0.1, 0.15) is 5.82 Å². The van der Waals surface area contributed by atoms with Gasteiger partial charge in [-0.1, -0.05) is 0 Å². The molecule has 1 heterocycles. The summed E-state index contributed by atoms with van der Waals surface area (Å²) in [6.45, 7) is 0.649. The maximum absolute atomic E-state index is 5.42. The summed E-state index contributed by atoms with van der Waals surface area (Å²) in [5.41, 5.74) is 6.46. The first-order chi connectivity index (χ1) is 5.86. The Morgan fingerprint density at radius 3 is 3.08 bits per heavy atom. The molecule has 4 heteroatoms. The molecule has 0 spiro atoms. The lowest BCUT2D eigenvalue weighted by Crippen LogP contribution is -2.06. The topological polar surface area (TPSA) is 51.8 Å². The Hall–Kier alpha value is -0.610. The molecule has 1 aromatic heterocycles. The van der Waals surface area contributed by atoms with Crippen LogP contribution in [0, 0.1) is 0 Å². The van der Waals surface area contributed by atoms with Crippen LogP contribution in [0.2, 0.25) is 0 Å². The standard InChI is InChI=1S/C8H13N3S/c1-12-6-8-10-5-3-7(11-8)2-4-9/h3,5H,2,4,6,9H2,1H3. The highest BCUT2D eigenvalue weighted by Gasteiger charge is 1.96. The summed E-state index contributed by atoms with van der Waals surface area (Å²) in [6, 6.07) is 1.91. The van der Waals surface area contributed by atoms with Gasteiger partial charge < -0.3 is 5.73 Å². The third kappa shape index (κ3) is 2.79. The Kier molecular flexibility index (Phi) is 4.04. The fourth-order valence-corrected chi connectivity index (χ4v) is 1.32. The van der Waals surface area contributed by atoms with Crippen molar-refractivity contribution in [3.63, 3.8) is 0 Å². The molecule has 0 saturated carbocycles. The van der Waals surface area contributed by atoms with Gasteiger partial charge in [-0.15, -0.1) is 0 Å². The molecule has 0 radical (unpaired) electrons. The summed E-state index contributed by atoms with van der Waals surface area (Å²) in [7, 11) is 0. The van der Waals surface area contributed by atoms with Crippen LogP contribution >= 0.6 is 11.8 Å². The van der Waals surface area contributed by atoms with Gasteiger partial charge in [0.25, 0.3) is 0 Å². The van der Waals surface area contributed by atoms with Crippen molar-refractivity contribution >= 4 is 11.8 Å². The van der Waals surface area contributed by atoms with Gasteiger partial charge in [0.15, 0.2) is 0 Å². The van der Waals surface area contributed by atoms with E-state index in [1.807, 2.05) is 12.3 Å². The molecule has 0 bridgehead atoms. The number of thioether (sulfide) groups is 1. The van der Waals surface area contributed by atoms with Gasteiger partial charge in [-0.25, -0.2) is 9.97 Å². The lowest BCUT2D eigenvalue weighted by atomic mass is 10.3. The number of nitrogens with two attached hydrogens (primary N) is 1. The minimum absolute atomic E-state index is 0.649. The fraction of sp³-hybridized carbons (Fsp3) is 0.500. The quantitative estimate of drug-likeness (QED) is 0.751. The van der Waals surface area contributed by atoms with E-state index >= 15 is 0 Å². The van der Waals surface area contributed by atoms with Crippen molar-refractivity contribution < 1.29 is 0 Å². The predicted octanol–water partition coefficient (Wildman–Crippen LogP) is 0.841. The van der Waals surface area contributed by atoms with E-state index in [1.54, 1.807) is 18.0 Å². The second-order valence-electron chi connectivity index (χ2n) is 2.44. The van der Waals surface area contributed by atoms with Crippen LogP contribution in [0.4, 0.5) is 0 Å². The van der Waals surface area contributed by atoms with Crippen LogP contribution in [-0.2, 0) is 12.2 Å². The first kappa shape index (κ1) is 9.48. The number of hydrogen-bond donors (Lipinski definition) is 1. The molecule has 0 aromatic carbocycles. The minimum Gasteiger partial charge on any atom is -0.330 e. The Morgan fingerprint density at radius 2 is 2.42 bits per heavy atom. The maximum Gasteiger partial charge on any atom is 0.138 e. The molecule has 0 aliphatic carbocycles. The molecule has 66 valence electrons. The minimum atomic E-state index is 0.649. The SMILES string of the molecule is CSCc1nccc(CCN)n1. The van der Waals surface area contributed by atoms with Gasteiger partial charge in [-0.05, 0) is 18.9 Å². The Bertz CT molecular complexity index is 218. The Balaban J connectivity index is 2.67. The lowest BCUT2D eigenvalue weighted by molar-refractivity contribution is 0.884. The zero-order valence-electron chi connectivity index (χ0n) is 7.16. The van der Waals surface area contributed by atoms with Gasteiger partial charge in [-0.2, -0.15) is 11.8 Å². The fourth-order valence-electron chi connectivity index (χ4n) is 0.927. The largest absolute Gasteiger partial charge is 0.330 e. The number of rotatable bonds is 4. The van der Waals surface area contributed by atoms with E-state index in [0.717, 1.165) is 23.7 Å². The molecule has 0 unspecified atom stereocenters. The zero-order valence-corrected chi connectivity index (χ0v) is 7.97. The molecular formula is C8H13N3S. The van der Waals surface area contributed by atoms with E-state index in [-0.39, 0.29) is 0 Å². The van der Waals surface area contributed by atoms with Crippen LogP contribution in [0.3, 0.4) is 0 Å². The summed E-state index contributed by atoms with van der Waals surface area (Å²) in [4.78, 5) is 8.48. The van der Waals surface area contributed by atoms with Crippen LogP contribution in [0.15, 0.2) is 12.3 Å². The van der Waals surface area contributed by atoms with Crippen molar-refractivity contribution in [1.29, 1.82) is 0 Å². The van der Waals surface area contributed by atoms with Gasteiger partial charge in [0, 0.05) is 18.3 Å². The van der Waals surface area contributed by atoms with E-state index in [0.29, 0.717) is 6.54 Å². The van der Waals surface area contributed by atoms with Crippen molar-refractivity contribution in [3.8, 4) is 0 Å². The van der Waals surface area contributed by atoms with Gasteiger partial charge in [0.2, 0.25) is 0 Å². The summed E-state index contributed by atoms with van der Waals surface area (Å²) >= 11 is 1.73. The third-order valence-electron chi connectivity index (χ3n) is 1.44. The van der Waals surface area contributed by atoms with Crippen molar-refractivity contribution in [2.75, 3.05) is 12.8 Å². The van der Waals surface area contributed by atoms with Gasteiger partial charge in [0.05, 0.1) is 5.75 Å². The molecule has 0 aliphatic rings. The molecule has 0 fully saturated rings. The summed E-state index contributed by atoms with van der Waals surface area (Å²) in [5.74, 6) is 1.77. The summed E-state index contributed by atoms with van der Waals surface area (Å²) < 4.78 is 0. The molecular weight excluding hydrogens is 170 g/mol. The lowest BCUT2D eigenvalue weighted by Gasteiger charge is -2.00. The zero-order chi connectivity index (χ0) is 8.81. The molecule has 12 heavy (non-hydrogen) atoms. The van der Waals surface area contributed by atoms with Crippen LogP contribution in [0.1, 0.15) is 11.5 Å². The van der Waals surface area contributed by atoms with E-state index in [1.165, 1.54) is 0 Å². The number of hydrogen-bond acceptors (Lipinski definition) is 4. The molecule has 0 atom stereocenters. The average molecular weight is 183 g/mol. The molecule has 2 N–H and O–H groups in total. The first-order valence-electron chi connectivity index (χ1n) is 3.86. The maximum atomic E-state index is 5.42. The third-order valence-corrected chi connectivity index (χ3v) is 1.98. The van der Waals surface area contributed by atoms with Gasteiger partial charge in [-0.3, -0.25) is 0 Å². The highest BCUT2D eigenvalue weighted by atomic mass is 32.2. The van der Waals surface area contributed by atoms with Crippen molar-refractivity contribution in [2.45, 2.75) is 12.2 Å². The number of nitrogens with zero attached hydrogens (tertiary/aromatic N) is 2. The molecule has 0 amide bonds. The number of aromatic nitrogens is 2. The summed E-state index contributed by atoms with van der Waals surface area (Å²) in [5, 5.41) is 0. The normalized spacial score (nSPS) is 10.2. The predicted molar refractivity (Wildman–Crippen MR) is 52.0 cm³/mol. The van der Waals surface area contributed by atoms with E-state index in [4.69, 9.17) is 5.73 Å². The first-order valence-corrected chi connectivity index (χ1v) is 5.26. The van der Waals surface area contributed by atoms with E-state index in [2.05, 4.69) is 9.97 Å². The highest BCUT2D eigenvalue weighted by Crippen LogP contribution is 2.03. The second kappa shape index (κ2) is 5.11. The van der Waals surface area contributed by atoms with Crippen LogP contribution in [-0.4, -0.2) is 22.8 Å². The molecule has 3 nitrogen and oxygen atoms in total.